The summed E-state index contributed by atoms with van der Waals surface area (Å²) < 4.78 is 52.8. The van der Waals surface area contributed by atoms with E-state index in [1.807, 2.05) is 0 Å². The Morgan fingerprint density at radius 3 is 2.58 bits per heavy atom. The van der Waals surface area contributed by atoms with Crippen molar-refractivity contribution in [3.8, 4) is 18.1 Å². The summed E-state index contributed by atoms with van der Waals surface area (Å²) in [6.45, 7) is 0.474. The van der Waals surface area contributed by atoms with Crippen molar-refractivity contribution in [1.29, 1.82) is 0 Å². The molecule has 2 aromatic heterocycles. The van der Waals surface area contributed by atoms with E-state index in [4.69, 9.17) is 30.7 Å². The molecule has 1 aliphatic heterocycles. The van der Waals surface area contributed by atoms with Crippen molar-refractivity contribution in [2.24, 2.45) is 0 Å². The molecular formula is C29H28FN6O8P. The van der Waals surface area contributed by atoms with E-state index in [2.05, 4.69) is 26.0 Å². The number of carbonyl (C=O) groups is 2. The van der Waals surface area contributed by atoms with Crippen LogP contribution >= 0.6 is 7.75 Å². The molecule has 234 valence electrons. The number of carbonyl (C=O) groups excluding carboxylic acids is 1. The van der Waals surface area contributed by atoms with Gasteiger partial charge in [0.1, 0.15) is 30.7 Å². The summed E-state index contributed by atoms with van der Waals surface area (Å²) in [6.07, 6.45) is 3.77. The van der Waals surface area contributed by atoms with E-state index >= 15 is 0 Å². The number of carboxylic acids is 1. The molecule has 0 aliphatic carbocycles. The lowest BCUT2D eigenvalue weighted by molar-refractivity contribution is -0.155. The van der Waals surface area contributed by atoms with Crippen molar-refractivity contribution in [2.75, 3.05) is 12.3 Å². The molecule has 2 aromatic carbocycles. The highest BCUT2D eigenvalue weighted by molar-refractivity contribution is 7.52. The Balaban J connectivity index is 1.46. The van der Waals surface area contributed by atoms with Crippen LogP contribution in [0.1, 0.15) is 25.1 Å². The first-order valence-electron chi connectivity index (χ1n) is 13.5. The van der Waals surface area contributed by atoms with E-state index in [0.29, 0.717) is 5.56 Å². The molecule has 1 aliphatic rings. The van der Waals surface area contributed by atoms with Crippen LogP contribution in [-0.4, -0.2) is 60.9 Å². The van der Waals surface area contributed by atoms with Gasteiger partial charge in [0.15, 0.2) is 22.6 Å². The lowest BCUT2D eigenvalue weighted by Crippen LogP contribution is -2.46. The highest BCUT2D eigenvalue weighted by Crippen LogP contribution is 2.48. The number of aliphatic carboxylic acids is 1. The summed E-state index contributed by atoms with van der Waals surface area (Å²) in [4.78, 5) is 35.7. The third-order valence-corrected chi connectivity index (χ3v) is 8.43. The van der Waals surface area contributed by atoms with Gasteiger partial charge in [-0.2, -0.15) is 19.4 Å². The van der Waals surface area contributed by atoms with E-state index in [1.165, 1.54) is 23.0 Å². The molecular weight excluding hydrogens is 610 g/mol. The molecule has 1 fully saturated rings. The zero-order valence-corrected chi connectivity index (χ0v) is 24.7. The van der Waals surface area contributed by atoms with Crippen LogP contribution in [0.5, 0.6) is 5.75 Å². The average Bonchev–Trinajstić information content (AvgIpc) is 3.58. The molecule has 0 unspecified atom stereocenters. The fourth-order valence-electron chi connectivity index (χ4n) is 4.79. The van der Waals surface area contributed by atoms with Crippen molar-refractivity contribution in [3.05, 3.63) is 78.6 Å². The monoisotopic (exact) mass is 638 g/mol. The predicted octanol–water partition coefficient (Wildman–Crippen LogP) is 3.26. The van der Waals surface area contributed by atoms with Crippen molar-refractivity contribution >= 4 is 36.7 Å². The number of halogens is 1. The number of nitrogens with zero attached hydrogens (tertiary/aromatic N) is 4. The number of terminal acetylenes is 1. The van der Waals surface area contributed by atoms with Crippen LogP contribution in [0.25, 0.3) is 11.2 Å². The summed E-state index contributed by atoms with van der Waals surface area (Å²) in [5.41, 5.74) is 4.65. The fourth-order valence-corrected chi connectivity index (χ4v) is 6.32. The SMILES string of the molecule is C#C[C@]1(CO[P@@](=O)(N[C@@H](Cc2ccccc2)C(=O)O)Oc2ccccc2)O[C@@H](n2cnc3c(N)nc(F)nc32)C[C@@H]1OC(C)=O. The smallest absolute Gasteiger partial charge is 0.459 e. The second-order valence-electron chi connectivity index (χ2n) is 10.0. The molecule has 14 nitrogen and oxygen atoms in total. The number of nitrogens with one attached hydrogen (secondary N) is 1. The molecule has 3 heterocycles. The first-order valence-corrected chi connectivity index (χ1v) is 15.1. The molecule has 5 rings (SSSR count). The molecule has 4 N–H and O–H groups in total. The Morgan fingerprint density at radius 2 is 1.93 bits per heavy atom. The molecule has 4 aromatic rings. The number of para-hydroxylation sites is 1. The number of hydrogen-bond acceptors (Lipinski definition) is 11. The van der Waals surface area contributed by atoms with Crippen molar-refractivity contribution in [3.63, 3.8) is 0 Å². The van der Waals surface area contributed by atoms with Crippen molar-refractivity contribution < 1.29 is 42.2 Å². The molecule has 0 spiro atoms. The first-order chi connectivity index (χ1) is 21.5. The lowest BCUT2D eigenvalue weighted by atomic mass is 9.98. The van der Waals surface area contributed by atoms with Crippen LogP contribution in [0.3, 0.4) is 0 Å². The zero-order valence-electron chi connectivity index (χ0n) is 23.8. The second kappa shape index (κ2) is 13.0. The summed E-state index contributed by atoms with van der Waals surface area (Å²) in [6, 6.07) is 15.2. The molecule has 0 saturated carbocycles. The number of nitrogen functional groups attached to an aromatic ring is 1. The number of nitrogens with two attached hydrogens (primary N) is 1. The molecule has 0 radical (unpaired) electrons. The van der Waals surface area contributed by atoms with E-state index < -0.39 is 56.3 Å². The Morgan fingerprint density at radius 1 is 1.24 bits per heavy atom. The number of hydrogen-bond donors (Lipinski definition) is 3. The van der Waals surface area contributed by atoms with Crippen LogP contribution in [0, 0.1) is 18.4 Å². The third-order valence-electron chi connectivity index (χ3n) is 6.88. The van der Waals surface area contributed by atoms with Crippen LogP contribution in [-0.2, 0) is 34.6 Å². The molecule has 16 heteroatoms. The van der Waals surface area contributed by atoms with Gasteiger partial charge >= 0.3 is 25.8 Å². The minimum Gasteiger partial charge on any atom is -0.480 e. The highest BCUT2D eigenvalue weighted by atomic mass is 31.2. The van der Waals surface area contributed by atoms with Gasteiger partial charge in [0.25, 0.3) is 0 Å². The predicted molar refractivity (Wildman–Crippen MR) is 157 cm³/mol. The summed E-state index contributed by atoms with van der Waals surface area (Å²) in [5, 5.41) is 12.5. The topological polar surface area (TPSA) is 190 Å². The number of fused-ring (bicyclic) bond motifs is 1. The second-order valence-corrected chi connectivity index (χ2v) is 11.7. The van der Waals surface area contributed by atoms with Gasteiger partial charge < -0.3 is 24.8 Å². The Bertz CT molecular complexity index is 1790. The number of aromatic nitrogens is 4. The fraction of sp³-hybridized carbons (Fsp3) is 0.276. The number of benzene rings is 2. The lowest BCUT2D eigenvalue weighted by Gasteiger charge is -2.31. The largest absolute Gasteiger partial charge is 0.480 e. The molecule has 5 atom stereocenters. The van der Waals surface area contributed by atoms with Crippen molar-refractivity contribution in [1.82, 2.24) is 24.6 Å². The quantitative estimate of drug-likeness (QED) is 0.0888. The van der Waals surface area contributed by atoms with Crippen LogP contribution < -0.4 is 15.3 Å². The van der Waals surface area contributed by atoms with Crippen LogP contribution in [0.15, 0.2) is 67.0 Å². The van der Waals surface area contributed by atoms with Gasteiger partial charge in [-0.25, -0.2) is 9.55 Å². The van der Waals surface area contributed by atoms with E-state index in [0.717, 1.165) is 6.92 Å². The number of imidazole rings is 1. The summed E-state index contributed by atoms with van der Waals surface area (Å²) in [5.74, 6) is 0.324. The number of ether oxygens (including phenoxy) is 2. The maximum Gasteiger partial charge on any atom is 0.459 e. The maximum atomic E-state index is 14.3. The Labute approximate surface area is 256 Å². The minimum atomic E-state index is -4.54. The van der Waals surface area contributed by atoms with Gasteiger partial charge in [0.05, 0.1) is 6.33 Å². The van der Waals surface area contributed by atoms with E-state index in [9.17, 15) is 23.7 Å². The summed E-state index contributed by atoms with van der Waals surface area (Å²) >= 11 is 0. The highest BCUT2D eigenvalue weighted by Gasteiger charge is 2.53. The first kappa shape index (κ1) is 31.6. The molecule has 0 bridgehead atoms. The molecule has 1 saturated heterocycles. The Hall–Kier alpha value is -4.87. The average molecular weight is 639 g/mol. The maximum absolute atomic E-state index is 14.3. The third kappa shape index (κ3) is 7.11. The standard InChI is InChI=1S/C29H28FN6O8P/c1-3-29(22(42-18(2)37)15-23(43-29)36-17-32-24-25(31)33-28(30)34-26(24)36)16-41-45(40,44-20-12-8-5-9-13-20)35-21(27(38)39)14-19-10-6-4-7-11-19/h1,4-13,17,21-23H,14-16H2,2H3,(H,35,40)(H,38,39)(H2,31,33,34)/t21-,22-,23+,29+,45-/m0/s1. The minimum absolute atomic E-state index is 0.00900. The van der Waals surface area contributed by atoms with Gasteiger partial charge in [0, 0.05) is 13.3 Å². The zero-order chi connectivity index (χ0) is 32.2. The van der Waals surface area contributed by atoms with Crippen molar-refractivity contribution in [2.45, 2.75) is 43.7 Å². The van der Waals surface area contributed by atoms with Crippen LogP contribution in [0.4, 0.5) is 10.2 Å². The Kier molecular flexibility index (Phi) is 9.12. The number of rotatable bonds is 12. The molecule has 45 heavy (non-hydrogen) atoms. The normalized spacial score (nSPS) is 21.4. The van der Waals surface area contributed by atoms with Gasteiger partial charge in [0.2, 0.25) is 0 Å². The number of anilines is 1. The van der Waals surface area contributed by atoms with Gasteiger partial charge in [-0.3, -0.25) is 18.7 Å². The van der Waals surface area contributed by atoms with E-state index in [-0.39, 0.29) is 35.6 Å². The van der Waals surface area contributed by atoms with Gasteiger partial charge in [-0.05, 0) is 24.1 Å². The van der Waals surface area contributed by atoms with Gasteiger partial charge in [-0.15, -0.1) is 6.42 Å². The number of esters is 1. The summed E-state index contributed by atoms with van der Waals surface area (Å²) in [7, 11) is -4.54. The molecule has 0 amide bonds. The number of carboxylic acid groups (broad SMARTS) is 1. The van der Waals surface area contributed by atoms with E-state index in [1.54, 1.807) is 48.5 Å². The van der Waals surface area contributed by atoms with Gasteiger partial charge in [-0.1, -0.05) is 54.5 Å². The van der Waals surface area contributed by atoms with Crippen LogP contribution in [0.2, 0.25) is 0 Å².